The molecule has 3 heteroatoms. The fourth-order valence-corrected chi connectivity index (χ4v) is 0.734. The summed E-state index contributed by atoms with van der Waals surface area (Å²) in [6.45, 7) is 2.05. The molecule has 0 spiro atoms. The van der Waals surface area contributed by atoms with Crippen molar-refractivity contribution in [3.63, 3.8) is 0 Å². The van der Waals surface area contributed by atoms with Crippen LogP contribution in [0.4, 0.5) is 0 Å². The second-order valence-electron chi connectivity index (χ2n) is 2.88. The third-order valence-corrected chi connectivity index (χ3v) is 1.23. The number of methoxy groups -OCH3 is 1. The van der Waals surface area contributed by atoms with Crippen LogP contribution in [0.2, 0.25) is 0 Å². The Balaban J connectivity index is 0.000000500. The fourth-order valence-electron chi connectivity index (χ4n) is 0.734. The van der Waals surface area contributed by atoms with E-state index in [1.165, 1.54) is 0 Å². The van der Waals surface area contributed by atoms with Gasteiger partial charge in [-0.25, -0.2) is 0 Å². The molecule has 0 aliphatic rings. The Labute approximate surface area is 85.3 Å². The average Bonchev–Trinajstić information content (AvgIpc) is 2.18. The summed E-state index contributed by atoms with van der Waals surface area (Å²) in [5, 5.41) is 8.89. The van der Waals surface area contributed by atoms with Gasteiger partial charge in [-0.1, -0.05) is 18.2 Å². The van der Waals surface area contributed by atoms with E-state index < -0.39 is 6.10 Å². The second-order valence-corrected chi connectivity index (χ2v) is 2.88. The molecule has 0 radical (unpaired) electrons. The van der Waals surface area contributed by atoms with Crippen LogP contribution >= 0.6 is 0 Å². The summed E-state index contributed by atoms with van der Waals surface area (Å²) < 4.78 is 9.47. The van der Waals surface area contributed by atoms with Crippen molar-refractivity contribution in [2.45, 2.75) is 13.0 Å². The standard InChI is InChI=1S/C9H12O2.C2H6O/c1-8(10)7-11-9-5-3-2-4-6-9;1-3-2/h2-6,8,10H,7H2,1H3;1-2H3. The number of hydrogen-bond donors (Lipinski definition) is 1. The van der Waals surface area contributed by atoms with Gasteiger partial charge in [0.15, 0.2) is 0 Å². The van der Waals surface area contributed by atoms with E-state index >= 15 is 0 Å². The van der Waals surface area contributed by atoms with Crippen LogP contribution in [0.25, 0.3) is 0 Å². The van der Waals surface area contributed by atoms with Crippen molar-refractivity contribution in [1.82, 2.24) is 0 Å². The smallest absolute Gasteiger partial charge is 0.119 e. The normalized spacial score (nSPS) is 11.1. The lowest BCUT2D eigenvalue weighted by molar-refractivity contribution is 0.123. The Morgan fingerprint density at radius 2 is 1.71 bits per heavy atom. The van der Waals surface area contributed by atoms with E-state index in [1.54, 1.807) is 21.1 Å². The van der Waals surface area contributed by atoms with Crippen LogP contribution in [0.1, 0.15) is 6.92 Å². The van der Waals surface area contributed by atoms with Gasteiger partial charge in [0.25, 0.3) is 0 Å². The van der Waals surface area contributed by atoms with E-state index in [4.69, 9.17) is 9.84 Å². The summed E-state index contributed by atoms with van der Waals surface area (Å²) in [6, 6.07) is 9.45. The van der Waals surface area contributed by atoms with Crippen molar-refractivity contribution < 1.29 is 14.6 Å². The third kappa shape index (κ3) is 7.58. The van der Waals surface area contributed by atoms with Crippen LogP contribution in [-0.2, 0) is 4.74 Å². The van der Waals surface area contributed by atoms with Gasteiger partial charge < -0.3 is 14.6 Å². The lowest BCUT2D eigenvalue weighted by Gasteiger charge is -2.06. The fraction of sp³-hybridized carbons (Fsp3) is 0.455. The van der Waals surface area contributed by atoms with Gasteiger partial charge in [0, 0.05) is 14.2 Å². The van der Waals surface area contributed by atoms with E-state index in [9.17, 15) is 0 Å². The molecule has 0 fully saturated rings. The van der Waals surface area contributed by atoms with Gasteiger partial charge >= 0.3 is 0 Å². The highest BCUT2D eigenvalue weighted by molar-refractivity contribution is 5.20. The second kappa shape index (κ2) is 8.53. The lowest BCUT2D eigenvalue weighted by Crippen LogP contribution is -2.12. The van der Waals surface area contributed by atoms with Crippen LogP contribution in [0.5, 0.6) is 5.75 Å². The molecule has 1 N–H and O–H groups in total. The van der Waals surface area contributed by atoms with Crippen LogP contribution in [-0.4, -0.2) is 32.0 Å². The number of hydrogen-bond acceptors (Lipinski definition) is 3. The molecule has 0 saturated carbocycles. The van der Waals surface area contributed by atoms with Gasteiger partial charge in [-0.2, -0.15) is 0 Å². The Hall–Kier alpha value is -1.06. The van der Waals surface area contributed by atoms with Gasteiger partial charge in [0.1, 0.15) is 12.4 Å². The monoisotopic (exact) mass is 198 g/mol. The predicted molar refractivity (Wildman–Crippen MR) is 56.6 cm³/mol. The number of aliphatic hydroxyl groups excluding tert-OH is 1. The van der Waals surface area contributed by atoms with E-state index in [0.717, 1.165) is 5.75 Å². The lowest BCUT2D eigenvalue weighted by atomic mass is 10.3. The average molecular weight is 198 g/mol. The minimum absolute atomic E-state index is 0.351. The zero-order valence-corrected chi connectivity index (χ0v) is 8.93. The summed E-state index contributed by atoms with van der Waals surface area (Å²) in [4.78, 5) is 0. The van der Waals surface area contributed by atoms with Crippen molar-refractivity contribution >= 4 is 0 Å². The number of para-hydroxylation sites is 1. The third-order valence-electron chi connectivity index (χ3n) is 1.23. The highest BCUT2D eigenvalue weighted by Crippen LogP contribution is 2.07. The molecule has 0 saturated heterocycles. The molecule has 1 aromatic carbocycles. The predicted octanol–water partition coefficient (Wildman–Crippen LogP) is 1.71. The van der Waals surface area contributed by atoms with Crippen molar-refractivity contribution in [3.05, 3.63) is 30.3 Å². The molecule has 0 amide bonds. The highest BCUT2D eigenvalue weighted by atomic mass is 16.5. The Morgan fingerprint density at radius 1 is 1.21 bits per heavy atom. The molecular weight excluding hydrogens is 180 g/mol. The molecule has 1 unspecified atom stereocenters. The van der Waals surface area contributed by atoms with Gasteiger partial charge in [0.2, 0.25) is 0 Å². The molecule has 1 rings (SSSR count). The molecule has 1 atom stereocenters. The highest BCUT2D eigenvalue weighted by Gasteiger charge is 1.95. The van der Waals surface area contributed by atoms with E-state index in [1.807, 2.05) is 30.3 Å². The summed E-state index contributed by atoms with van der Waals surface area (Å²) >= 11 is 0. The first kappa shape index (κ1) is 12.9. The number of rotatable bonds is 3. The summed E-state index contributed by atoms with van der Waals surface area (Å²) in [5.41, 5.74) is 0. The Kier molecular flexibility index (Phi) is 7.89. The van der Waals surface area contributed by atoms with Crippen LogP contribution in [0, 0.1) is 0 Å². The molecule has 1 aromatic rings. The van der Waals surface area contributed by atoms with E-state index in [-0.39, 0.29) is 0 Å². The van der Waals surface area contributed by atoms with Gasteiger partial charge in [-0.15, -0.1) is 0 Å². The zero-order chi connectivity index (χ0) is 10.8. The first-order chi connectivity index (χ1) is 6.70. The van der Waals surface area contributed by atoms with Crippen LogP contribution in [0.15, 0.2) is 30.3 Å². The number of benzene rings is 1. The van der Waals surface area contributed by atoms with Crippen molar-refractivity contribution in [2.24, 2.45) is 0 Å². The molecule has 80 valence electrons. The summed E-state index contributed by atoms with van der Waals surface area (Å²) in [6.07, 6.45) is -0.407. The minimum atomic E-state index is -0.407. The van der Waals surface area contributed by atoms with E-state index in [0.29, 0.717) is 6.61 Å². The SMILES string of the molecule is CC(O)COc1ccccc1.COC. The van der Waals surface area contributed by atoms with E-state index in [2.05, 4.69) is 4.74 Å². The largest absolute Gasteiger partial charge is 0.491 e. The van der Waals surface area contributed by atoms with Crippen LogP contribution < -0.4 is 4.74 Å². The molecule has 0 aliphatic carbocycles. The molecular formula is C11H18O3. The first-order valence-corrected chi connectivity index (χ1v) is 4.46. The molecule has 14 heavy (non-hydrogen) atoms. The maximum atomic E-state index is 8.89. The summed E-state index contributed by atoms with van der Waals surface area (Å²) in [5.74, 6) is 0.799. The first-order valence-electron chi connectivity index (χ1n) is 4.46. The minimum Gasteiger partial charge on any atom is -0.491 e. The quantitative estimate of drug-likeness (QED) is 0.803. The molecule has 0 aliphatic heterocycles. The molecule has 0 aromatic heterocycles. The Bertz CT molecular complexity index is 209. The molecule has 0 bridgehead atoms. The van der Waals surface area contributed by atoms with Crippen molar-refractivity contribution in [2.75, 3.05) is 20.8 Å². The van der Waals surface area contributed by atoms with Crippen LogP contribution in [0.3, 0.4) is 0 Å². The van der Waals surface area contributed by atoms with Gasteiger partial charge in [0.05, 0.1) is 6.10 Å². The molecule has 3 nitrogen and oxygen atoms in total. The topological polar surface area (TPSA) is 38.7 Å². The maximum Gasteiger partial charge on any atom is 0.119 e. The van der Waals surface area contributed by atoms with Crippen molar-refractivity contribution in [1.29, 1.82) is 0 Å². The number of aliphatic hydroxyl groups is 1. The maximum absolute atomic E-state index is 8.89. The van der Waals surface area contributed by atoms with Crippen molar-refractivity contribution in [3.8, 4) is 5.75 Å². The van der Waals surface area contributed by atoms with Gasteiger partial charge in [-0.3, -0.25) is 0 Å². The van der Waals surface area contributed by atoms with Gasteiger partial charge in [-0.05, 0) is 19.1 Å². The zero-order valence-electron chi connectivity index (χ0n) is 8.93. The summed E-state index contributed by atoms with van der Waals surface area (Å²) in [7, 11) is 3.25. The number of ether oxygens (including phenoxy) is 2. The molecule has 0 heterocycles. The Morgan fingerprint density at radius 3 is 2.14 bits per heavy atom.